The number of methoxy groups -OCH3 is 2. The average Bonchev–Trinajstić information content (AvgIpc) is 2.38. The normalized spacial score (nSPS) is 21.1. The van der Waals surface area contributed by atoms with E-state index in [0.717, 1.165) is 18.4 Å². The predicted molar refractivity (Wildman–Crippen MR) is 65.7 cm³/mol. The molecule has 0 amide bonds. The van der Waals surface area contributed by atoms with E-state index < -0.39 is 5.79 Å². The van der Waals surface area contributed by atoms with Crippen molar-refractivity contribution < 1.29 is 19.0 Å². The van der Waals surface area contributed by atoms with Gasteiger partial charge in [0.15, 0.2) is 5.79 Å². The topological polar surface area (TPSA) is 44.8 Å². The molecule has 0 spiro atoms. The molecule has 0 radical (unpaired) electrons. The van der Waals surface area contributed by atoms with Gasteiger partial charge in [-0.05, 0) is 12.0 Å². The molecule has 0 aromatic heterocycles. The SMILES string of the molecule is COC1(OC)CCC1C(=O)OCc1ccccc1. The number of benzene rings is 1. The zero-order chi connectivity index (χ0) is 13.0. The van der Waals surface area contributed by atoms with Crippen molar-refractivity contribution in [2.45, 2.75) is 25.2 Å². The molecular weight excluding hydrogens is 232 g/mol. The molecule has 0 N–H and O–H groups in total. The maximum absolute atomic E-state index is 11.9. The highest BCUT2D eigenvalue weighted by molar-refractivity contribution is 5.74. The number of hydrogen-bond donors (Lipinski definition) is 0. The standard InChI is InChI=1S/C14H18O4/c1-16-14(17-2)9-8-12(14)13(15)18-10-11-6-4-3-5-7-11/h3-7,12H,8-10H2,1-2H3. The van der Waals surface area contributed by atoms with Crippen LogP contribution >= 0.6 is 0 Å². The highest BCUT2D eigenvalue weighted by Crippen LogP contribution is 2.42. The fourth-order valence-corrected chi connectivity index (χ4v) is 2.22. The fourth-order valence-electron chi connectivity index (χ4n) is 2.22. The van der Waals surface area contributed by atoms with Crippen LogP contribution in [0, 0.1) is 5.92 Å². The Morgan fingerprint density at radius 3 is 2.44 bits per heavy atom. The van der Waals surface area contributed by atoms with Crippen LogP contribution in [0.15, 0.2) is 30.3 Å². The van der Waals surface area contributed by atoms with Gasteiger partial charge in [0, 0.05) is 20.6 Å². The smallest absolute Gasteiger partial charge is 0.314 e. The Kier molecular flexibility index (Phi) is 3.99. The summed E-state index contributed by atoms with van der Waals surface area (Å²) in [6.45, 7) is 0.291. The van der Waals surface area contributed by atoms with Crippen molar-refractivity contribution in [3.8, 4) is 0 Å². The molecule has 18 heavy (non-hydrogen) atoms. The molecule has 0 bridgehead atoms. The first-order valence-electron chi connectivity index (χ1n) is 6.03. The second kappa shape index (κ2) is 5.50. The molecule has 4 heteroatoms. The summed E-state index contributed by atoms with van der Waals surface area (Å²) in [5.74, 6) is -1.36. The third-order valence-electron chi connectivity index (χ3n) is 3.51. The first kappa shape index (κ1) is 13.1. The van der Waals surface area contributed by atoms with Gasteiger partial charge < -0.3 is 14.2 Å². The maximum atomic E-state index is 11.9. The lowest BCUT2D eigenvalue weighted by molar-refractivity contribution is -0.285. The van der Waals surface area contributed by atoms with Gasteiger partial charge >= 0.3 is 5.97 Å². The maximum Gasteiger partial charge on any atom is 0.314 e. The second-order valence-electron chi connectivity index (χ2n) is 4.40. The van der Waals surface area contributed by atoms with E-state index in [-0.39, 0.29) is 11.9 Å². The minimum Gasteiger partial charge on any atom is -0.460 e. The number of carbonyl (C=O) groups is 1. The summed E-state index contributed by atoms with van der Waals surface area (Å²) in [6.07, 6.45) is 1.47. The van der Waals surface area contributed by atoms with Gasteiger partial charge in [-0.3, -0.25) is 4.79 Å². The molecule has 1 saturated carbocycles. The van der Waals surface area contributed by atoms with E-state index in [0.29, 0.717) is 6.61 Å². The van der Waals surface area contributed by atoms with Crippen LogP contribution in [0.4, 0.5) is 0 Å². The lowest BCUT2D eigenvalue weighted by Crippen LogP contribution is -2.54. The summed E-state index contributed by atoms with van der Waals surface area (Å²) in [6, 6.07) is 9.61. The van der Waals surface area contributed by atoms with Crippen LogP contribution in [0.5, 0.6) is 0 Å². The monoisotopic (exact) mass is 250 g/mol. The highest BCUT2D eigenvalue weighted by atomic mass is 16.7. The molecule has 1 aromatic carbocycles. The Labute approximate surface area is 107 Å². The molecule has 1 unspecified atom stereocenters. The number of carbonyl (C=O) groups excluding carboxylic acids is 1. The van der Waals surface area contributed by atoms with Crippen LogP contribution in [0.3, 0.4) is 0 Å². The van der Waals surface area contributed by atoms with Crippen LogP contribution in [0.2, 0.25) is 0 Å². The van der Waals surface area contributed by atoms with Gasteiger partial charge in [-0.2, -0.15) is 0 Å². The van der Waals surface area contributed by atoms with Crippen molar-refractivity contribution >= 4 is 5.97 Å². The van der Waals surface area contributed by atoms with Gasteiger partial charge in [-0.15, -0.1) is 0 Å². The minimum atomic E-state index is -0.784. The molecule has 1 aromatic rings. The van der Waals surface area contributed by atoms with E-state index >= 15 is 0 Å². The summed E-state index contributed by atoms with van der Waals surface area (Å²) in [5.41, 5.74) is 0.977. The Bertz CT molecular complexity index is 392. The molecule has 1 fully saturated rings. The lowest BCUT2D eigenvalue weighted by atomic mass is 9.78. The average molecular weight is 250 g/mol. The summed E-state index contributed by atoms with van der Waals surface area (Å²) in [7, 11) is 3.11. The Hall–Kier alpha value is -1.39. The molecule has 1 atom stereocenters. The van der Waals surface area contributed by atoms with E-state index in [1.165, 1.54) is 0 Å². The van der Waals surface area contributed by atoms with Crippen molar-refractivity contribution in [1.82, 2.24) is 0 Å². The van der Waals surface area contributed by atoms with Crippen LogP contribution < -0.4 is 0 Å². The van der Waals surface area contributed by atoms with Crippen LogP contribution in [0.25, 0.3) is 0 Å². The zero-order valence-electron chi connectivity index (χ0n) is 10.7. The van der Waals surface area contributed by atoms with Crippen LogP contribution in [-0.2, 0) is 25.6 Å². The number of rotatable bonds is 5. The first-order valence-corrected chi connectivity index (χ1v) is 6.03. The van der Waals surface area contributed by atoms with Gasteiger partial charge in [0.2, 0.25) is 0 Å². The molecule has 2 rings (SSSR count). The first-order chi connectivity index (χ1) is 8.72. The van der Waals surface area contributed by atoms with Crippen LogP contribution in [-0.4, -0.2) is 26.0 Å². The Balaban J connectivity index is 1.89. The summed E-state index contributed by atoms with van der Waals surface area (Å²) in [4.78, 5) is 11.9. The van der Waals surface area contributed by atoms with E-state index in [2.05, 4.69) is 0 Å². The zero-order valence-corrected chi connectivity index (χ0v) is 10.7. The number of esters is 1. The van der Waals surface area contributed by atoms with Crippen molar-refractivity contribution in [2.75, 3.05) is 14.2 Å². The number of ether oxygens (including phenoxy) is 3. The van der Waals surface area contributed by atoms with Gasteiger partial charge in [-0.1, -0.05) is 30.3 Å². The lowest BCUT2D eigenvalue weighted by Gasteiger charge is -2.44. The van der Waals surface area contributed by atoms with Gasteiger partial charge in [0.1, 0.15) is 12.5 Å². The molecule has 0 aliphatic heterocycles. The quantitative estimate of drug-likeness (QED) is 0.593. The highest BCUT2D eigenvalue weighted by Gasteiger charge is 2.53. The van der Waals surface area contributed by atoms with Crippen molar-refractivity contribution in [2.24, 2.45) is 5.92 Å². The third-order valence-corrected chi connectivity index (χ3v) is 3.51. The minimum absolute atomic E-state index is 0.256. The van der Waals surface area contributed by atoms with Gasteiger partial charge in [0.05, 0.1) is 0 Å². The Morgan fingerprint density at radius 2 is 1.94 bits per heavy atom. The molecule has 0 saturated heterocycles. The molecule has 1 aliphatic rings. The largest absolute Gasteiger partial charge is 0.460 e. The second-order valence-corrected chi connectivity index (χ2v) is 4.40. The van der Waals surface area contributed by atoms with E-state index in [9.17, 15) is 4.79 Å². The van der Waals surface area contributed by atoms with Crippen molar-refractivity contribution in [3.05, 3.63) is 35.9 Å². The molecular formula is C14H18O4. The Morgan fingerprint density at radius 1 is 1.28 bits per heavy atom. The van der Waals surface area contributed by atoms with Crippen molar-refractivity contribution in [1.29, 1.82) is 0 Å². The summed E-state index contributed by atoms with van der Waals surface area (Å²) >= 11 is 0. The molecule has 0 heterocycles. The van der Waals surface area contributed by atoms with Crippen molar-refractivity contribution in [3.63, 3.8) is 0 Å². The van der Waals surface area contributed by atoms with Gasteiger partial charge in [0.25, 0.3) is 0 Å². The molecule has 4 nitrogen and oxygen atoms in total. The van der Waals surface area contributed by atoms with E-state index in [1.54, 1.807) is 14.2 Å². The molecule has 1 aliphatic carbocycles. The fraction of sp³-hybridized carbons (Fsp3) is 0.500. The number of hydrogen-bond acceptors (Lipinski definition) is 4. The van der Waals surface area contributed by atoms with E-state index in [4.69, 9.17) is 14.2 Å². The van der Waals surface area contributed by atoms with Gasteiger partial charge in [-0.25, -0.2) is 0 Å². The third kappa shape index (κ3) is 2.40. The predicted octanol–water partition coefficient (Wildman–Crippen LogP) is 2.13. The molecule has 98 valence electrons. The van der Waals surface area contributed by atoms with E-state index in [1.807, 2.05) is 30.3 Å². The van der Waals surface area contributed by atoms with Crippen LogP contribution in [0.1, 0.15) is 18.4 Å². The summed E-state index contributed by atoms with van der Waals surface area (Å²) in [5, 5.41) is 0. The summed E-state index contributed by atoms with van der Waals surface area (Å²) < 4.78 is 15.9.